The highest BCUT2D eigenvalue weighted by Crippen LogP contribution is 2.23. The van der Waals surface area contributed by atoms with Crippen LogP contribution in [0.3, 0.4) is 0 Å². The van der Waals surface area contributed by atoms with Gasteiger partial charge in [-0.2, -0.15) is 0 Å². The number of carbonyl (C=O) groups excluding carboxylic acids is 3. The summed E-state index contributed by atoms with van der Waals surface area (Å²) in [6.45, 7) is 1.96. The van der Waals surface area contributed by atoms with Crippen molar-refractivity contribution in [3.05, 3.63) is 54.1 Å². The molecule has 30 heavy (non-hydrogen) atoms. The molecule has 8 heteroatoms. The summed E-state index contributed by atoms with van der Waals surface area (Å²) in [4.78, 5) is 38.7. The molecule has 0 atom stereocenters. The van der Waals surface area contributed by atoms with Crippen molar-refractivity contribution < 1.29 is 23.9 Å². The van der Waals surface area contributed by atoms with Crippen molar-refractivity contribution in [2.45, 2.75) is 13.3 Å². The van der Waals surface area contributed by atoms with E-state index in [9.17, 15) is 14.4 Å². The van der Waals surface area contributed by atoms with Gasteiger partial charge in [-0.3, -0.25) is 14.4 Å². The quantitative estimate of drug-likeness (QED) is 0.623. The third-order valence-electron chi connectivity index (χ3n) is 4.22. The van der Waals surface area contributed by atoms with Gasteiger partial charge in [0.25, 0.3) is 5.91 Å². The molecule has 0 fully saturated rings. The number of para-hydroxylation sites is 1. The Hall–Kier alpha value is -3.55. The molecule has 0 aliphatic heterocycles. The highest BCUT2D eigenvalue weighted by Gasteiger charge is 2.20. The van der Waals surface area contributed by atoms with Gasteiger partial charge < -0.3 is 25.0 Å². The van der Waals surface area contributed by atoms with Gasteiger partial charge in [0.1, 0.15) is 11.5 Å². The average Bonchev–Trinajstić information content (AvgIpc) is 2.77. The topological polar surface area (TPSA) is 97.0 Å². The molecule has 0 heterocycles. The molecular weight excluding hydrogens is 386 g/mol. The fourth-order valence-electron chi connectivity index (χ4n) is 2.77. The molecule has 2 rings (SSSR count). The molecule has 0 saturated heterocycles. The minimum Gasteiger partial charge on any atom is -0.497 e. The van der Waals surface area contributed by atoms with Crippen molar-refractivity contribution in [2.75, 3.05) is 39.2 Å². The lowest BCUT2D eigenvalue weighted by Gasteiger charge is -2.22. The number of hydrogen-bond acceptors (Lipinski definition) is 5. The predicted molar refractivity (Wildman–Crippen MR) is 114 cm³/mol. The molecule has 3 amide bonds. The first-order valence-electron chi connectivity index (χ1n) is 9.60. The van der Waals surface area contributed by atoms with E-state index in [1.165, 1.54) is 19.1 Å². The lowest BCUT2D eigenvalue weighted by Crippen LogP contribution is -2.43. The summed E-state index contributed by atoms with van der Waals surface area (Å²) >= 11 is 0. The zero-order chi connectivity index (χ0) is 21.9. The van der Waals surface area contributed by atoms with Crippen LogP contribution in [0, 0.1) is 0 Å². The summed E-state index contributed by atoms with van der Waals surface area (Å²) in [5.41, 5.74) is 1.00. The van der Waals surface area contributed by atoms with E-state index in [4.69, 9.17) is 9.47 Å². The van der Waals surface area contributed by atoms with E-state index >= 15 is 0 Å². The van der Waals surface area contributed by atoms with Crippen molar-refractivity contribution in [3.63, 3.8) is 0 Å². The Kier molecular flexibility index (Phi) is 8.68. The van der Waals surface area contributed by atoms with Gasteiger partial charge >= 0.3 is 0 Å². The molecule has 0 bridgehead atoms. The van der Waals surface area contributed by atoms with E-state index in [1.54, 1.807) is 42.5 Å². The number of rotatable bonds is 10. The highest BCUT2D eigenvalue weighted by molar-refractivity contribution is 5.98. The molecule has 160 valence electrons. The van der Waals surface area contributed by atoms with Gasteiger partial charge in [0.2, 0.25) is 11.8 Å². The Morgan fingerprint density at radius 1 is 0.933 bits per heavy atom. The minimum atomic E-state index is -0.421. The Morgan fingerprint density at radius 2 is 1.57 bits per heavy atom. The molecule has 2 aromatic rings. The molecule has 0 aliphatic rings. The van der Waals surface area contributed by atoms with Gasteiger partial charge in [0, 0.05) is 23.9 Å². The number of anilines is 1. The maximum absolute atomic E-state index is 12.9. The van der Waals surface area contributed by atoms with E-state index in [1.807, 2.05) is 13.0 Å². The standard InChI is InChI=1S/C22H27N3O5/c1-4-10-25(22(28)16-11-18(29-2)13-19(12-16)30-3)15-21(27)23-14-20(26)24-17-8-6-5-7-9-17/h5-9,11-13H,4,10,14-15H2,1-3H3,(H,23,27)(H,24,26). The van der Waals surface area contributed by atoms with Crippen LogP contribution in [0.25, 0.3) is 0 Å². The van der Waals surface area contributed by atoms with Gasteiger partial charge in [-0.15, -0.1) is 0 Å². The largest absolute Gasteiger partial charge is 0.497 e. The maximum atomic E-state index is 12.9. The molecular formula is C22H27N3O5. The van der Waals surface area contributed by atoms with Crippen LogP contribution >= 0.6 is 0 Å². The zero-order valence-electron chi connectivity index (χ0n) is 17.4. The Balaban J connectivity index is 1.98. The molecule has 0 saturated carbocycles. The maximum Gasteiger partial charge on any atom is 0.254 e. The van der Waals surface area contributed by atoms with E-state index in [2.05, 4.69) is 10.6 Å². The van der Waals surface area contributed by atoms with Crippen LogP contribution in [0.15, 0.2) is 48.5 Å². The monoisotopic (exact) mass is 413 g/mol. The molecule has 0 aliphatic carbocycles. The third kappa shape index (κ3) is 6.80. The summed E-state index contributed by atoms with van der Waals surface area (Å²) < 4.78 is 10.4. The highest BCUT2D eigenvalue weighted by atomic mass is 16.5. The van der Waals surface area contributed by atoms with Crippen LogP contribution in [-0.4, -0.2) is 56.5 Å². The number of hydrogen-bond donors (Lipinski definition) is 2. The van der Waals surface area contributed by atoms with Crippen LogP contribution in [0.4, 0.5) is 5.69 Å². The molecule has 0 spiro atoms. The van der Waals surface area contributed by atoms with Crippen LogP contribution in [0.5, 0.6) is 11.5 Å². The summed E-state index contributed by atoms with van der Waals surface area (Å²) in [6, 6.07) is 13.8. The summed E-state index contributed by atoms with van der Waals surface area (Å²) in [6.07, 6.45) is 0.675. The minimum absolute atomic E-state index is 0.162. The van der Waals surface area contributed by atoms with Gasteiger partial charge in [-0.25, -0.2) is 0 Å². The third-order valence-corrected chi connectivity index (χ3v) is 4.22. The van der Waals surface area contributed by atoms with Crippen LogP contribution < -0.4 is 20.1 Å². The van der Waals surface area contributed by atoms with E-state index in [-0.39, 0.29) is 24.9 Å². The molecule has 0 radical (unpaired) electrons. The van der Waals surface area contributed by atoms with Gasteiger partial charge in [-0.1, -0.05) is 25.1 Å². The first-order chi connectivity index (χ1) is 14.5. The number of nitrogens with one attached hydrogen (secondary N) is 2. The molecule has 0 unspecified atom stereocenters. The SMILES string of the molecule is CCCN(CC(=O)NCC(=O)Nc1ccccc1)C(=O)c1cc(OC)cc(OC)c1. The fourth-order valence-corrected chi connectivity index (χ4v) is 2.77. The first kappa shape index (κ1) is 22.7. The Bertz CT molecular complexity index is 848. The van der Waals surface area contributed by atoms with Crippen molar-refractivity contribution >= 4 is 23.4 Å². The van der Waals surface area contributed by atoms with E-state index < -0.39 is 5.91 Å². The Labute approximate surface area is 176 Å². The van der Waals surface area contributed by atoms with Crippen LogP contribution in [0.1, 0.15) is 23.7 Å². The lowest BCUT2D eigenvalue weighted by molar-refractivity contribution is -0.124. The van der Waals surface area contributed by atoms with Crippen molar-refractivity contribution in [1.29, 1.82) is 0 Å². The van der Waals surface area contributed by atoms with Gasteiger partial charge in [-0.05, 0) is 30.7 Å². The zero-order valence-corrected chi connectivity index (χ0v) is 17.4. The Morgan fingerprint density at radius 3 is 2.13 bits per heavy atom. The lowest BCUT2D eigenvalue weighted by atomic mass is 10.1. The average molecular weight is 413 g/mol. The number of benzene rings is 2. The normalized spacial score (nSPS) is 10.1. The van der Waals surface area contributed by atoms with Crippen molar-refractivity contribution in [1.82, 2.24) is 10.2 Å². The predicted octanol–water partition coefficient (Wildman–Crippen LogP) is 2.31. The number of amides is 3. The summed E-state index contributed by atoms with van der Waals surface area (Å²) in [7, 11) is 3.00. The van der Waals surface area contributed by atoms with Crippen LogP contribution in [0.2, 0.25) is 0 Å². The van der Waals surface area contributed by atoms with Gasteiger partial charge in [0.15, 0.2) is 0 Å². The number of ether oxygens (including phenoxy) is 2. The molecule has 8 nitrogen and oxygen atoms in total. The van der Waals surface area contributed by atoms with Crippen LogP contribution in [-0.2, 0) is 9.59 Å². The van der Waals surface area contributed by atoms with Crippen molar-refractivity contribution in [3.8, 4) is 11.5 Å². The number of methoxy groups -OCH3 is 2. The van der Waals surface area contributed by atoms with Crippen molar-refractivity contribution in [2.24, 2.45) is 0 Å². The summed E-state index contributed by atoms with van der Waals surface area (Å²) in [5.74, 6) is -0.124. The van der Waals surface area contributed by atoms with E-state index in [0.717, 1.165) is 0 Å². The molecule has 0 aromatic heterocycles. The molecule has 2 N–H and O–H groups in total. The smallest absolute Gasteiger partial charge is 0.254 e. The number of nitrogens with zero attached hydrogens (tertiary/aromatic N) is 1. The van der Waals surface area contributed by atoms with E-state index in [0.29, 0.717) is 35.7 Å². The number of carbonyl (C=O) groups is 3. The summed E-state index contributed by atoms with van der Waals surface area (Å²) in [5, 5.41) is 5.24. The fraction of sp³-hybridized carbons (Fsp3) is 0.318. The second-order valence-corrected chi connectivity index (χ2v) is 6.52. The first-order valence-corrected chi connectivity index (χ1v) is 9.60. The molecule has 2 aromatic carbocycles. The second kappa shape index (κ2) is 11.5. The second-order valence-electron chi connectivity index (χ2n) is 6.52. The van der Waals surface area contributed by atoms with Gasteiger partial charge in [0.05, 0.1) is 27.3 Å².